The molecule has 1 aromatic heterocycles. The smallest absolute Gasteiger partial charge is 0.246 e. The van der Waals surface area contributed by atoms with E-state index in [-0.39, 0.29) is 18.3 Å². The van der Waals surface area contributed by atoms with Crippen LogP contribution < -0.4 is 4.31 Å². The lowest BCUT2D eigenvalue weighted by Gasteiger charge is -2.30. The third-order valence-electron chi connectivity index (χ3n) is 4.88. The van der Waals surface area contributed by atoms with E-state index in [4.69, 9.17) is 4.52 Å². The molecular weight excluding hydrogens is 416 g/mol. The molecular formula is C22H26N4O4S. The van der Waals surface area contributed by atoms with E-state index >= 15 is 0 Å². The molecule has 2 aromatic carbocycles. The number of aromatic nitrogens is 2. The Hall–Kier alpha value is -3.20. The molecule has 0 unspecified atom stereocenters. The van der Waals surface area contributed by atoms with Crippen molar-refractivity contribution in [3.8, 4) is 11.4 Å². The van der Waals surface area contributed by atoms with E-state index in [1.165, 1.54) is 4.90 Å². The molecule has 0 aliphatic carbocycles. The van der Waals surface area contributed by atoms with E-state index in [1.54, 1.807) is 38.2 Å². The van der Waals surface area contributed by atoms with Crippen molar-refractivity contribution in [3.63, 3.8) is 0 Å². The van der Waals surface area contributed by atoms with Gasteiger partial charge in [-0.05, 0) is 32.9 Å². The van der Waals surface area contributed by atoms with Crippen LogP contribution >= 0.6 is 0 Å². The highest BCUT2D eigenvalue weighted by atomic mass is 32.2. The van der Waals surface area contributed by atoms with Crippen molar-refractivity contribution in [2.24, 2.45) is 0 Å². The highest BCUT2D eigenvalue weighted by Crippen LogP contribution is 2.23. The van der Waals surface area contributed by atoms with E-state index in [1.807, 2.05) is 38.1 Å². The number of amides is 1. The van der Waals surface area contributed by atoms with Gasteiger partial charge in [0.2, 0.25) is 27.6 Å². The van der Waals surface area contributed by atoms with Crippen LogP contribution in [0.25, 0.3) is 11.4 Å². The maximum absolute atomic E-state index is 13.0. The lowest BCUT2D eigenvalue weighted by atomic mass is 10.1. The van der Waals surface area contributed by atoms with Crippen molar-refractivity contribution in [2.45, 2.75) is 33.4 Å². The molecule has 1 amide bonds. The molecule has 164 valence electrons. The third kappa shape index (κ3) is 5.29. The highest BCUT2D eigenvalue weighted by Gasteiger charge is 2.31. The summed E-state index contributed by atoms with van der Waals surface area (Å²) in [6.07, 6.45) is 1.09. The Morgan fingerprint density at radius 2 is 1.58 bits per heavy atom. The molecule has 3 aromatic rings. The predicted octanol–water partition coefficient (Wildman–Crippen LogP) is 3.17. The number of anilines is 1. The molecule has 0 radical (unpaired) electrons. The van der Waals surface area contributed by atoms with Gasteiger partial charge in [-0.2, -0.15) is 4.98 Å². The average molecular weight is 443 g/mol. The minimum atomic E-state index is -3.68. The molecule has 0 aliphatic rings. The maximum Gasteiger partial charge on any atom is 0.246 e. The molecule has 8 nitrogen and oxygen atoms in total. The highest BCUT2D eigenvalue weighted by molar-refractivity contribution is 7.92. The van der Waals surface area contributed by atoms with E-state index in [9.17, 15) is 13.2 Å². The normalized spacial score (nSPS) is 12.4. The van der Waals surface area contributed by atoms with E-state index in [0.717, 1.165) is 27.3 Å². The Morgan fingerprint density at radius 1 is 1.03 bits per heavy atom. The number of carbonyl (C=O) groups is 1. The van der Waals surface area contributed by atoms with Crippen LogP contribution in [-0.2, 0) is 21.4 Å². The van der Waals surface area contributed by atoms with E-state index < -0.39 is 16.1 Å². The van der Waals surface area contributed by atoms with Crippen LogP contribution in [0.15, 0.2) is 53.1 Å². The molecule has 31 heavy (non-hydrogen) atoms. The number of benzene rings is 2. The summed E-state index contributed by atoms with van der Waals surface area (Å²) in [5.41, 5.74) is 3.36. The summed E-state index contributed by atoms with van der Waals surface area (Å²) in [5.74, 6) is 0.308. The maximum atomic E-state index is 13.0. The van der Waals surface area contributed by atoms with Gasteiger partial charge in [-0.15, -0.1) is 0 Å². The summed E-state index contributed by atoms with van der Waals surface area (Å²) in [7, 11) is -2.11. The third-order valence-corrected chi connectivity index (χ3v) is 6.12. The van der Waals surface area contributed by atoms with Crippen molar-refractivity contribution in [1.82, 2.24) is 15.0 Å². The number of likely N-dealkylation sites (N-methyl/N-ethyl adjacent to an activating group) is 1. The summed E-state index contributed by atoms with van der Waals surface area (Å²) < 4.78 is 31.3. The van der Waals surface area contributed by atoms with Gasteiger partial charge in [0.25, 0.3) is 0 Å². The number of sulfonamides is 1. The molecule has 3 rings (SSSR count). The molecule has 0 fully saturated rings. The summed E-state index contributed by atoms with van der Waals surface area (Å²) in [4.78, 5) is 18.7. The van der Waals surface area contributed by atoms with Crippen molar-refractivity contribution in [3.05, 3.63) is 65.5 Å². The molecule has 9 heteroatoms. The first-order chi connectivity index (χ1) is 14.6. The molecule has 0 aliphatic heterocycles. The van der Waals surface area contributed by atoms with E-state index in [2.05, 4.69) is 10.1 Å². The number of hydrogen-bond acceptors (Lipinski definition) is 6. The lowest BCUT2D eigenvalue weighted by Crippen LogP contribution is -2.48. The van der Waals surface area contributed by atoms with Gasteiger partial charge in [0, 0.05) is 12.6 Å². The van der Waals surface area contributed by atoms with Crippen LogP contribution in [0.4, 0.5) is 5.69 Å². The predicted molar refractivity (Wildman–Crippen MR) is 119 cm³/mol. The molecule has 1 heterocycles. The second kappa shape index (κ2) is 8.89. The SMILES string of the molecule is Cc1ccc(-c2noc(CN(C)C(=O)[C@H](C)N(c3ccc(C)cc3)S(C)(=O)=O)n2)cc1. The van der Waals surface area contributed by atoms with Crippen LogP contribution in [0.3, 0.4) is 0 Å². The molecule has 0 spiro atoms. The fourth-order valence-corrected chi connectivity index (χ4v) is 4.40. The zero-order chi connectivity index (χ0) is 22.8. The second-order valence-corrected chi connectivity index (χ2v) is 9.50. The van der Waals surface area contributed by atoms with E-state index in [0.29, 0.717) is 11.5 Å². The average Bonchev–Trinajstić information content (AvgIpc) is 3.17. The van der Waals surface area contributed by atoms with Crippen molar-refractivity contribution in [2.75, 3.05) is 17.6 Å². The number of nitrogens with zero attached hydrogens (tertiary/aromatic N) is 4. The molecule has 0 saturated heterocycles. The summed E-state index contributed by atoms with van der Waals surface area (Å²) >= 11 is 0. The first-order valence-electron chi connectivity index (χ1n) is 9.77. The summed E-state index contributed by atoms with van der Waals surface area (Å²) in [6, 6.07) is 13.7. The minimum absolute atomic E-state index is 0.0630. The van der Waals surface area contributed by atoms with Crippen LogP contribution in [0.1, 0.15) is 23.9 Å². The van der Waals surface area contributed by atoms with Gasteiger partial charge in [0.05, 0.1) is 18.5 Å². The second-order valence-electron chi connectivity index (χ2n) is 7.64. The quantitative estimate of drug-likeness (QED) is 0.558. The minimum Gasteiger partial charge on any atom is -0.337 e. The summed E-state index contributed by atoms with van der Waals surface area (Å²) in [5, 5.41) is 3.97. The van der Waals surface area contributed by atoms with Crippen LogP contribution in [0.5, 0.6) is 0 Å². The van der Waals surface area contributed by atoms with Crippen LogP contribution in [0, 0.1) is 13.8 Å². The molecule has 0 bridgehead atoms. The first-order valence-corrected chi connectivity index (χ1v) is 11.6. The number of hydrogen-bond donors (Lipinski definition) is 0. The van der Waals surface area contributed by atoms with Gasteiger partial charge in [0.1, 0.15) is 6.04 Å². The fraction of sp³-hybridized carbons (Fsp3) is 0.318. The van der Waals surface area contributed by atoms with Gasteiger partial charge in [0.15, 0.2) is 0 Å². The number of aryl methyl sites for hydroxylation is 2. The Labute approximate surface area is 182 Å². The Kier molecular flexibility index (Phi) is 6.45. The van der Waals surface area contributed by atoms with Crippen molar-refractivity contribution >= 4 is 21.6 Å². The number of rotatable bonds is 7. The first kappa shape index (κ1) is 22.5. The Morgan fingerprint density at radius 3 is 2.13 bits per heavy atom. The van der Waals surface area contributed by atoms with Crippen molar-refractivity contribution < 1.29 is 17.7 Å². The molecule has 0 N–H and O–H groups in total. The topological polar surface area (TPSA) is 96.6 Å². The van der Waals surface area contributed by atoms with Gasteiger partial charge in [-0.1, -0.05) is 52.7 Å². The Bertz CT molecular complexity index is 1150. The lowest BCUT2D eigenvalue weighted by molar-refractivity contribution is -0.131. The largest absolute Gasteiger partial charge is 0.337 e. The number of carbonyl (C=O) groups excluding carboxylic acids is 1. The van der Waals surface area contributed by atoms with Gasteiger partial charge >= 0.3 is 0 Å². The molecule has 1 atom stereocenters. The monoisotopic (exact) mass is 442 g/mol. The van der Waals surface area contributed by atoms with Gasteiger partial charge < -0.3 is 9.42 Å². The standard InChI is InChI=1S/C22H26N4O4S/c1-15-6-10-18(11-7-15)21-23-20(30-24-21)14-25(4)22(27)17(3)26(31(5,28)29)19-12-8-16(2)9-13-19/h6-13,17H,14H2,1-5H3/t17-/m0/s1. The zero-order valence-electron chi connectivity index (χ0n) is 18.2. The van der Waals surface area contributed by atoms with Crippen LogP contribution in [0.2, 0.25) is 0 Å². The van der Waals surface area contributed by atoms with Gasteiger partial charge in [-0.25, -0.2) is 8.42 Å². The Balaban J connectivity index is 1.76. The fourth-order valence-electron chi connectivity index (χ4n) is 3.23. The van der Waals surface area contributed by atoms with Crippen molar-refractivity contribution in [1.29, 1.82) is 0 Å². The van der Waals surface area contributed by atoms with Crippen LogP contribution in [-0.4, -0.2) is 48.7 Å². The summed E-state index contributed by atoms with van der Waals surface area (Å²) in [6.45, 7) is 5.52. The zero-order valence-corrected chi connectivity index (χ0v) is 19.0. The van der Waals surface area contributed by atoms with Gasteiger partial charge in [-0.3, -0.25) is 9.10 Å². The molecule has 0 saturated carbocycles.